The van der Waals surface area contributed by atoms with Crippen LogP contribution in [0.1, 0.15) is 25.4 Å². The average Bonchev–Trinajstić information content (AvgIpc) is 2.69. The minimum atomic E-state index is 0.790. The summed E-state index contributed by atoms with van der Waals surface area (Å²) in [6.07, 6.45) is 7.19. The first-order valence-electron chi connectivity index (χ1n) is 5.05. The molecule has 15 heavy (non-hydrogen) atoms. The van der Waals surface area contributed by atoms with Gasteiger partial charge < -0.3 is 4.98 Å². The molecule has 3 nitrogen and oxygen atoms in total. The summed E-state index contributed by atoms with van der Waals surface area (Å²) in [4.78, 5) is 11.4. The molecule has 0 aromatic carbocycles. The summed E-state index contributed by atoms with van der Waals surface area (Å²) in [7, 11) is 1.74. The van der Waals surface area contributed by atoms with Crippen LogP contribution >= 0.6 is 0 Å². The van der Waals surface area contributed by atoms with Crippen molar-refractivity contribution >= 4 is 5.71 Å². The summed E-state index contributed by atoms with van der Waals surface area (Å²) >= 11 is 0. The molecule has 0 amide bonds. The van der Waals surface area contributed by atoms with Crippen molar-refractivity contribution in [2.45, 2.75) is 20.8 Å². The Morgan fingerprint density at radius 3 is 2.60 bits per heavy atom. The standard InChI is InChI=1S/C10H13N3.C2H6/c1-4-5-6-9(11-3)10-12-7-8(2)13-10;1-2/h4-7H,1H2,2-3H3,(H,12,13);1-2H3/b6-5-,11-9?;. The summed E-state index contributed by atoms with van der Waals surface area (Å²) in [5.74, 6) is 0.790. The Morgan fingerprint density at radius 2 is 2.20 bits per heavy atom. The molecule has 1 rings (SSSR count). The van der Waals surface area contributed by atoms with Crippen molar-refractivity contribution in [2.24, 2.45) is 4.99 Å². The third kappa shape index (κ3) is 4.40. The van der Waals surface area contributed by atoms with Crippen LogP contribution in [0.15, 0.2) is 36.0 Å². The second-order valence-electron chi connectivity index (χ2n) is 2.62. The van der Waals surface area contributed by atoms with Crippen LogP contribution in [0.25, 0.3) is 0 Å². The van der Waals surface area contributed by atoms with Crippen molar-refractivity contribution in [2.75, 3.05) is 7.05 Å². The molecule has 0 atom stereocenters. The van der Waals surface area contributed by atoms with Crippen LogP contribution in [-0.4, -0.2) is 22.7 Å². The lowest BCUT2D eigenvalue weighted by Gasteiger charge is -1.93. The molecule has 0 saturated carbocycles. The fourth-order valence-electron chi connectivity index (χ4n) is 0.961. The smallest absolute Gasteiger partial charge is 0.155 e. The summed E-state index contributed by atoms with van der Waals surface area (Å²) < 4.78 is 0. The number of aromatic nitrogens is 2. The Hall–Kier alpha value is -1.64. The minimum Gasteiger partial charge on any atom is -0.341 e. The highest BCUT2D eigenvalue weighted by Gasteiger charge is 2.01. The lowest BCUT2D eigenvalue weighted by atomic mass is 10.3. The van der Waals surface area contributed by atoms with Crippen molar-refractivity contribution in [3.8, 4) is 0 Å². The van der Waals surface area contributed by atoms with Crippen LogP contribution in [0.2, 0.25) is 0 Å². The molecular formula is C12H19N3. The molecule has 0 fully saturated rings. The number of imidazole rings is 1. The van der Waals surface area contributed by atoms with Crippen LogP contribution in [0.4, 0.5) is 0 Å². The third-order valence-corrected chi connectivity index (χ3v) is 1.58. The molecule has 0 saturated heterocycles. The van der Waals surface area contributed by atoms with E-state index in [1.807, 2.05) is 32.9 Å². The molecule has 0 bridgehead atoms. The van der Waals surface area contributed by atoms with Gasteiger partial charge in [-0.25, -0.2) is 4.98 Å². The van der Waals surface area contributed by atoms with Crippen LogP contribution in [0.5, 0.6) is 0 Å². The second kappa shape index (κ2) is 7.74. The number of aromatic amines is 1. The number of aryl methyl sites for hydroxylation is 1. The fourth-order valence-corrected chi connectivity index (χ4v) is 0.961. The quantitative estimate of drug-likeness (QED) is 0.598. The Kier molecular flexibility index (Phi) is 6.89. The lowest BCUT2D eigenvalue weighted by molar-refractivity contribution is 1.21. The van der Waals surface area contributed by atoms with Gasteiger partial charge >= 0.3 is 0 Å². The van der Waals surface area contributed by atoms with Crippen LogP contribution in [0.3, 0.4) is 0 Å². The van der Waals surface area contributed by atoms with Gasteiger partial charge in [0.25, 0.3) is 0 Å². The SMILES string of the molecule is C=C/C=C\C(=NC)c1ncc(C)[nH]1.CC. The molecule has 0 spiro atoms. The molecule has 1 N–H and O–H groups in total. The maximum Gasteiger partial charge on any atom is 0.155 e. The molecular weight excluding hydrogens is 186 g/mol. The van der Waals surface area contributed by atoms with Gasteiger partial charge in [0, 0.05) is 18.9 Å². The van der Waals surface area contributed by atoms with Crippen molar-refractivity contribution in [3.63, 3.8) is 0 Å². The highest BCUT2D eigenvalue weighted by molar-refractivity contribution is 6.06. The van der Waals surface area contributed by atoms with E-state index >= 15 is 0 Å². The number of nitrogens with one attached hydrogen (secondary N) is 1. The van der Waals surface area contributed by atoms with E-state index in [1.54, 1.807) is 19.3 Å². The van der Waals surface area contributed by atoms with E-state index < -0.39 is 0 Å². The van der Waals surface area contributed by atoms with Gasteiger partial charge in [0.1, 0.15) is 0 Å². The molecule has 3 heteroatoms. The first-order chi connectivity index (χ1) is 7.27. The van der Waals surface area contributed by atoms with E-state index in [0.717, 1.165) is 17.2 Å². The number of aliphatic imine (C=N–C) groups is 1. The maximum atomic E-state index is 4.17. The summed E-state index contributed by atoms with van der Waals surface area (Å²) in [5.41, 5.74) is 1.86. The summed E-state index contributed by atoms with van der Waals surface area (Å²) in [6, 6.07) is 0. The van der Waals surface area contributed by atoms with Gasteiger partial charge in [0.2, 0.25) is 0 Å². The molecule has 82 valence electrons. The van der Waals surface area contributed by atoms with E-state index in [1.165, 1.54) is 0 Å². The number of hydrogen-bond donors (Lipinski definition) is 1. The molecule has 0 aliphatic rings. The minimum absolute atomic E-state index is 0.790. The van der Waals surface area contributed by atoms with E-state index in [2.05, 4.69) is 21.5 Å². The van der Waals surface area contributed by atoms with Crippen LogP contribution < -0.4 is 0 Å². The zero-order valence-corrected chi connectivity index (χ0v) is 9.91. The average molecular weight is 205 g/mol. The van der Waals surface area contributed by atoms with Gasteiger partial charge in [0.15, 0.2) is 5.82 Å². The van der Waals surface area contributed by atoms with Crippen LogP contribution in [0, 0.1) is 6.92 Å². The Balaban J connectivity index is 0.000000921. The van der Waals surface area contributed by atoms with E-state index in [4.69, 9.17) is 0 Å². The van der Waals surface area contributed by atoms with Crippen molar-refractivity contribution < 1.29 is 0 Å². The number of nitrogens with zero attached hydrogens (tertiary/aromatic N) is 2. The third-order valence-electron chi connectivity index (χ3n) is 1.58. The van der Waals surface area contributed by atoms with Gasteiger partial charge in [-0.3, -0.25) is 4.99 Å². The normalized spacial score (nSPS) is 11.1. The Bertz CT molecular complexity index is 346. The monoisotopic (exact) mass is 205 g/mol. The zero-order valence-electron chi connectivity index (χ0n) is 9.91. The van der Waals surface area contributed by atoms with E-state index in [0.29, 0.717) is 0 Å². The molecule has 1 heterocycles. The molecule has 0 radical (unpaired) electrons. The van der Waals surface area contributed by atoms with Gasteiger partial charge in [-0.2, -0.15) is 0 Å². The Morgan fingerprint density at radius 1 is 1.53 bits per heavy atom. The first-order valence-corrected chi connectivity index (χ1v) is 5.05. The first kappa shape index (κ1) is 13.4. The van der Waals surface area contributed by atoms with Gasteiger partial charge in [-0.15, -0.1) is 0 Å². The zero-order chi connectivity index (χ0) is 11.7. The molecule has 0 aliphatic carbocycles. The number of hydrogen-bond acceptors (Lipinski definition) is 2. The van der Waals surface area contributed by atoms with Gasteiger partial charge in [0.05, 0.1) is 5.71 Å². The van der Waals surface area contributed by atoms with E-state index in [-0.39, 0.29) is 0 Å². The number of rotatable bonds is 3. The van der Waals surface area contributed by atoms with Crippen LogP contribution in [-0.2, 0) is 0 Å². The highest BCUT2D eigenvalue weighted by atomic mass is 14.9. The number of H-pyrrole nitrogens is 1. The fraction of sp³-hybridized carbons (Fsp3) is 0.333. The van der Waals surface area contributed by atoms with Crippen molar-refractivity contribution in [3.05, 3.63) is 42.5 Å². The molecule has 1 aromatic heterocycles. The predicted molar refractivity (Wildman–Crippen MR) is 66.5 cm³/mol. The molecule has 1 aromatic rings. The van der Waals surface area contributed by atoms with Crippen molar-refractivity contribution in [1.82, 2.24) is 9.97 Å². The predicted octanol–water partition coefficient (Wildman–Crippen LogP) is 2.91. The Labute approximate surface area is 91.7 Å². The summed E-state index contributed by atoms with van der Waals surface area (Å²) in [5, 5.41) is 0. The van der Waals surface area contributed by atoms with Crippen molar-refractivity contribution in [1.29, 1.82) is 0 Å². The molecule has 0 unspecified atom stereocenters. The highest BCUT2D eigenvalue weighted by Crippen LogP contribution is 1.98. The summed E-state index contributed by atoms with van der Waals surface area (Å²) in [6.45, 7) is 9.55. The van der Waals surface area contributed by atoms with E-state index in [9.17, 15) is 0 Å². The topological polar surface area (TPSA) is 41.0 Å². The number of allylic oxidation sites excluding steroid dienone is 3. The maximum absolute atomic E-state index is 4.17. The van der Waals surface area contributed by atoms with Gasteiger partial charge in [-0.1, -0.05) is 32.6 Å². The molecule has 0 aliphatic heterocycles. The lowest BCUT2D eigenvalue weighted by Crippen LogP contribution is -1.99. The van der Waals surface area contributed by atoms with Gasteiger partial charge in [-0.05, 0) is 13.0 Å². The second-order valence-corrected chi connectivity index (χ2v) is 2.62. The largest absolute Gasteiger partial charge is 0.341 e.